The summed E-state index contributed by atoms with van der Waals surface area (Å²) in [6.07, 6.45) is 14.3. The van der Waals surface area contributed by atoms with E-state index >= 15 is 0 Å². The predicted octanol–water partition coefficient (Wildman–Crippen LogP) is 5.25. The molecule has 1 saturated carbocycles. The largest absolute Gasteiger partial charge is 0.341 e. The number of carbonyl (C=O) groups excluding carboxylic acids is 2. The van der Waals surface area contributed by atoms with Crippen LogP contribution >= 0.6 is 11.6 Å². The van der Waals surface area contributed by atoms with Crippen LogP contribution in [0.15, 0.2) is 36.9 Å². The molecular weight excluding hydrogens is 562 g/mol. The van der Waals surface area contributed by atoms with Gasteiger partial charge in [0, 0.05) is 56.9 Å². The van der Waals surface area contributed by atoms with E-state index in [0.29, 0.717) is 30.5 Å². The van der Waals surface area contributed by atoms with Crippen molar-refractivity contribution in [2.75, 3.05) is 39.3 Å². The Kier molecular flexibility index (Phi) is 11.0. The second-order valence-electron chi connectivity index (χ2n) is 12.9. The molecule has 236 valence electrons. The number of rotatable bonds is 10. The fraction of sp³-hybridized carbons (Fsp3) is 0.697. The van der Waals surface area contributed by atoms with E-state index in [1.54, 1.807) is 6.33 Å². The van der Waals surface area contributed by atoms with Gasteiger partial charge in [0.1, 0.15) is 12.7 Å². The number of nitrogens with zero attached hydrogens (tertiary/aromatic N) is 6. The molecule has 0 unspecified atom stereocenters. The van der Waals surface area contributed by atoms with Crippen molar-refractivity contribution in [2.24, 2.45) is 11.3 Å². The molecule has 3 amide bonds. The highest BCUT2D eigenvalue weighted by molar-refractivity contribution is 6.30. The second kappa shape index (κ2) is 14.9. The summed E-state index contributed by atoms with van der Waals surface area (Å²) in [4.78, 5) is 37.3. The number of benzene rings is 1. The summed E-state index contributed by atoms with van der Waals surface area (Å²) in [5, 5.41) is 8.92. The first-order valence-corrected chi connectivity index (χ1v) is 16.9. The van der Waals surface area contributed by atoms with Crippen molar-refractivity contribution < 1.29 is 9.59 Å². The molecule has 3 heterocycles. The molecule has 0 spiro atoms. The van der Waals surface area contributed by atoms with Crippen molar-refractivity contribution >= 4 is 23.5 Å². The summed E-state index contributed by atoms with van der Waals surface area (Å²) in [6, 6.07) is 7.86. The minimum absolute atomic E-state index is 0.123. The molecule has 1 aromatic carbocycles. The van der Waals surface area contributed by atoms with Crippen LogP contribution in [-0.4, -0.2) is 92.8 Å². The van der Waals surface area contributed by atoms with E-state index in [0.717, 1.165) is 64.0 Å². The van der Waals surface area contributed by atoms with Crippen LogP contribution in [0.3, 0.4) is 0 Å². The number of hydrogen-bond acceptors (Lipinski definition) is 5. The summed E-state index contributed by atoms with van der Waals surface area (Å²) >= 11 is 6.18. The first-order valence-electron chi connectivity index (χ1n) is 16.6. The lowest BCUT2D eigenvalue weighted by atomic mass is 9.63. The maximum absolute atomic E-state index is 14.2. The maximum Gasteiger partial charge on any atom is 0.319 e. The first-order chi connectivity index (χ1) is 20.9. The smallest absolute Gasteiger partial charge is 0.319 e. The number of hydrogen-bond donors (Lipinski definition) is 1. The van der Waals surface area contributed by atoms with E-state index in [1.165, 1.54) is 32.1 Å². The second-order valence-corrected chi connectivity index (χ2v) is 13.3. The molecule has 0 radical (unpaired) electrons. The lowest BCUT2D eigenvalue weighted by molar-refractivity contribution is -0.137. The number of halogens is 1. The van der Waals surface area contributed by atoms with Crippen molar-refractivity contribution in [3.05, 3.63) is 47.5 Å². The van der Waals surface area contributed by atoms with Crippen molar-refractivity contribution in [3.8, 4) is 0 Å². The van der Waals surface area contributed by atoms with Gasteiger partial charge in [0.15, 0.2) is 0 Å². The third-order valence-electron chi connectivity index (χ3n) is 10.4. The monoisotopic (exact) mass is 611 g/mol. The van der Waals surface area contributed by atoms with Gasteiger partial charge in [-0.25, -0.2) is 9.78 Å². The molecule has 10 heteroatoms. The van der Waals surface area contributed by atoms with E-state index in [-0.39, 0.29) is 29.4 Å². The Morgan fingerprint density at radius 3 is 2.26 bits per heavy atom. The van der Waals surface area contributed by atoms with Crippen molar-refractivity contribution in [1.82, 2.24) is 34.8 Å². The van der Waals surface area contributed by atoms with Gasteiger partial charge in [0.25, 0.3) is 0 Å². The van der Waals surface area contributed by atoms with Crippen LogP contribution in [0.25, 0.3) is 0 Å². The van der Waals surface area contributed by atoms with Crippen molar-refractivity contribution in [2.45, 2.75) is 96.7 Å². The summed E-state index contributed by atoms with van der Waals surface area (Å²) < 4.78 is 2.01. The average molecular weight is 612 g/mol. The molecule has 1 aliphatic carbocycles. The number of piperidine rings is 2. The quantitative estimate of drug-likeness (QED) is 0.397. The number of likely N-dealkylation sites (tertiary alicyclic amines) is 2. The van der Waals surface area contributed by atoms with E-state index in [9.17, 15) is 9.59 Å². The Morgan fingerprint density at radius 2 is 1.65 bits per heavy atom. The molecule has 0 bridgehead atoms. The first kappa shape index (κ1) is 31.8. The van der Waals surface area contributed by atoms with Gasteiger partial charge >= 0.3 is 6.03 Å². The van der Waals surface area contributed by atoms with Crippen LogP contribution in [0.5, 0.6) is 0 Å². The highest BCUT2D eigenvalue weighted by atomic mass is 35.5. The minimum Gasteiger partial charge on any atom is -0.341 e. The molecule has 2 aromatic rings. The maximum atomic E-state index is 14.2. The molecular formula is C33H50ClN7O2. The molecule has 2 saturated heterocycles. The zero-order chi connectivity index (χ0) is 30.2. The lowest BCUT2D eigenvalue weighted by Crippen LogP contribution is -2.57. The van der Waals surface area contributed by atoms with Crippen LogP contribution in [-0.2, 0) is 17.8 Å². The van der Waals surface area contributed by atoms with Crippen molar-refractivity contribution in [1.29, 1.82) is 0 Å². The third-order valence-corrected chi connectivity index (χ3v) is 10.6. The Bertz CT molecular complexity index is 1150. The van der Waals surface area contributed by atoms with Gasteiger partial charge in [-0.1, -0.05) is 43.0 Å². The van der Waals surface area contributed by atoms with Gasteiger partial charge in [-0.2, -0.15) is 5.10 Å². The Labute approximate surface area is 262 Å². The van der Waals surface area contributed by atoms with E-state index in [2.05, 4.69) is 20.3 Å². The van der Waals surface area contributed by atoms with Crippen LogP contribution in [0.2, 0.25) is 5.02 Å². The third kappa shape index (κ3) is 7.90. The molecule has 1 aromatic heterocycles. The van der Waals surface area contributed by atoms with Crippen LogP contribution in [0.1, 0.15) is 77.2 Å². The van der Waals surface area contributed by atoms with Gasteiger partial charge in [-0.05, 0) is 87.8 Å². The standard InChI is InChI=1S/C33H50ClN7O2/c1-3-38(4-2)32(43)40-18-14-29(15-19-40)37-30(22-26-10-12-28(34)13-11-26)31(42)39-20-16-33(17-21-39,23-41-25-35-24-36-41)27-8-6-5-7-9-27/h10-13,24-25,27,29-30,37H,3-9,14-23H2,1-2H3/t30-/m1/s1. The van der Waals surface area contributed by atoms with Gasteiger partial charge < -0.3 is 20.0 Å². The van der Waals surface area contributed by atoms with E-state index in [4.69, 9.17) is 11.6 Å². The Morgan fingerprint density at radius 1 is 0.977 bits per heavy atom. The average Bonchev–Trinajstić information content (AvgIpc) is 3.56. The SMILES string of the molecule is CCN(CC)C(=O)N1CCC(N[C@H](Cc2ccc(Cl)cc2)C(=O)N2CCC(Cn3cncn3)(C3CCCCC3)CC2)CC1. The summed E-state index contributed by atoms with van der Waals surface area (Å²) in [5.41, 5.74) is 1.26. The van der Waals surface area contributed by atoms with Crippen molar-refractivity contribution in [3.63, 3.8) is 0 Å². The molecule has 43 heavy (non-hydrogen) atoms. The topological polar surface area (TPSA) is 86.6 Å². The highest BCUT2D eigenvalue weighted by Gasteiger charge is 2.44. The predicted molar refractivity (Wildman–Crippen MR) is 170 cm³/mol. The molecule has 1 N–H and O–H groups in total. The van der Waals surface area contributed by atoms with Gasteiger partial charge in [0.2, 0.25) is 5.91 Å². The number of aromatic nitrogens is 3. The number of carbonyl (C=O) groups is 2. The van der Waals surface area contributed by atoms with E-state index < -0.39 is 0 Å². The molecule has 3 fully saturated rings. The van der Waals surface area contributed by atoms with Gasteiger partial charge in [0.05, 0.1) is 6.04 Å². The fourth-order valence-corrected chi connectivity index (χ4v) is 7.86. The van der Waals surface area contributed by atoms with Crippen LogP contribution < -0.4 is 5.32 Å². The van der Waals surface area contributed by atoms with Crippen LogP contribution in [0, 0.1) is 11.3 Å². The molecule has 1 atom stereocenters. The minimum atomic E-state index is -0.311. The summed E-state index contributed by atoms with van der Waals surface area (Å²) in [7, 11) is 0. The highest BCUT2D eigenvalue weighted by Crippen LogP contribution is 2.47. The van der Waals surface area contributed by atoms with Crippen LogP contribution in [0.4, 0.5) is 4.79 Å². The Balaban J connectivity index is 1.25. The molecule has 2 aliphatic heterocycles. The number of amides is 3. The Hall–Kier alpha value is -2.65. The molecule has 3 aliphatic rings. The zero-order valence-electron chi connectivity index (χ0n) is 26.1. The summed E-state index contributed by atoms with van der Waals surface area (Å²) in [5.74, 6) is 0.865. The fourth-order valence-electron chi connectivity index (χ4n) is 7.73. The zero-order valence-corrected chi connectivity index (χ0v) is 26.9. The van der Waals surface area contributed by atoms with E-state index in [1.807, 2.05) is 58.9 Å². The number of nitrogens with one attached hydrogen (secondary N) is 1. The molecule has 5 rings (SSSR count). The molecule has 9 nitrogen and oxygen atoms in total. The summed E-state index contributed by atoms with van der Waals surface area (Å²) in [6.45, 7) is 9.36. The number of urea groups is 1. The van der Waals surface area contributed by atoms with Gasteiger partial charge in [-0.3, -0.25) is 9.48 Å². The lowest BCUT2D eigenvalue weighted by Gasteiger charge is -2.48. The normalized spacial score (nSPS) is 20.6. The van der Waals surface area contributed by atoms with Gasteiger partial charge in [-0.15, -0.1) is 0 Å².